The highest BCUT2D eigenvalue weighted by Gasteiger charge is 2.16. The highest BCUT2D eigenvalue weighted by Crippen LogP contribution is 2.30. The summed E-state index contributed by atoms with van der Waals surface area (Å²) < 4.78 is 10.5. The van der Waals surface area contributed by atoms with Gasteiger partial charge in [-0.3, -0.25) is 9.59 Å². The molecule has 0 heterocycles. The van der Waals surface area contributed by atoms with E-state index in [1.54, 1.807) is 49.4 Å². The molecule has 0 radical (unpaired) electrons. The average Bonchev–Trinajstić information content (AvgIpc) is 2.78. The van der Waals surface area contributed by atoms with Crippen LogP contribution in [0, 0.1) is 0 Å². The lowest BCUT2D eigenvalue weighted by Gasteiger charge is -2.14. The zero-order valence-corrected chi connectivity index (χ0v) is 20.5. The van der Waals surface area contributed by atoms with E-state index in [1.165, 1.54) is 26.0 Å². The molecule has 0 saturated carbocycles. The van der Waals surface area contributed by atoms with Crippen molar-refractivity contribution in [1.29, 1.82) is 0 Å². The zero-order valence-electron chi connectivity index (χ0n) is 18.1. The van der Waals surface area contributed by atoms with Crippen LogP contribution >= 0.6 is 35.0 Å². The minimum absolute atomic E-state index is 0.196. The fourth-order valence-electron chi connectivity index (χ4n) is 2.96. The second-order valence-corrected chi connectivity index (χ2v) is 9.25. The third-order valence-corrected chi connectivity index (χ3v) is 6.08. The zero-order chi connectivity index (χ0) is 24.0. The number of thioether (sulfide) groups is 1. The van der Waals surface area contributed by atoms with Crippen LogP contribution in [0.4, 0.5) is 11.4 Å². The number of methoxy groups -OCH3 is 2. The number of hydrogen-bond donors (Lipinski definition) is 2. The van der Waals surface area contributed by atoms with Gasteiger partial charge >= 0.3 is 0 Å². The quantitative estimate of drug-likeness (QED) is 0.348. The maximum Gasteiger partial charge on any atom is 0.255 e. The molecule has 3 rings (SSSR count). The van der Waals surface area contributed by atoms with Gasteiger partial charge in [-0.2, -0.15) is 0 Å². The molecule has 0 aliphatic heterocycles. The Hall–Kier alpha value is -2.87. The number of anilines is 2. The molecule has 1 unspecified atom stereocenters. The molecule has 2 amide bonds. The van der Waals surface area contributed by atoms with E-state index in [4.69, 9.17) is 32.7 Å². The van der Waals surface area contributed by atoms with Crippen LogP contribution in [0.2, 0.25) is 10.0 Å². The molecule has 0 fully saturated rings. The van der Waals surface area contributed by atoms with E-state index in [0.717, 1.165) is 4.90 Å². The van der Waals surface area contributed by atoms with Crippen LogP contribution in [0.15, 0.2) is 65.6 Å². The Morgan fingerprint density at radius 1 is 0.848 bits per heavy atom. The van der Waals surface area contributed by atoms with Crippen molar-refractivity contribution in [2.75, 3.05) is 24.9 Å². The van der Waals surface area contributed by atoms with Gasteiger partial charge in [-0.25, -0.2) is 0 Å². The van der Waals surface area contributed by atoms with Crippen molar-refractivity contribution < 1.29 is 19.1 Å². The van der Waals surface area contributed by atoms with Crippen molar-refractivity contribution >= 4 is 58.2 Å². The van der Waals surface area contributed by atoms with E-state index in [2.05, 4.69) is 10.6 Å². The maximum atomic E-state index is 12.7. The molecule has 3 aromatic carbocycles. The molecule has 0 aliphatic carbocycles. The van der Waals surface area contributed by atoms with E-state index >= 15 is 0 Å². The lowest BCUT2D eigenvalue weighted by molar-refractivity contribution is -0.115. The fraction of sp³-hybridized carbons (Fsp3) is 0.167. The number of benzene rings is 3. The SMILES string of the molecule is COc1ccc(C(=O)Nc2cccc(SC(C)C(=O)Nc3cc(Cl)cc(Cl)c3)c2)cc1OC. The smallest absolute Gasteiger partial charge is 0.255 e. The van der Waals surface area contributed by atoms with E-state index in [9.17, 15) is 9.59 Å². The van der Waals surface area contributed by atoms with Crippen LogP contribution in [0.1, 0.15) is 17.3 Å². The summed E-state index contributed by atoms with van der Waals surface area (Å²) >= 11 is 13.3. The van der Waals surface area contributed by atoms with Crippen molar-refractivity contribution in [2.24, 2.45) is 0 Å². The number of ether oxygens (including phenoxy) is 2. The summed E-state index contributed by atoms with van der Waals surface area (Å²) in [6, 6.07) is 17.1. The lowest BCUT2D eigenvalue weighted by atomic mass is 10.2. The summed E-state index contributed by atoms with van der Waals surface area (Å²) in [6.07, 6.45) is 0. The molecule has 1 atom stereocenters. The monoisotopic (exact) mass is 504 g/mol. The largest absolute Gasteiger partial charge is 0.493 e. The van der Waals surface area contributed by atoms with Crippen LogP contribution in [0.5, 0.6) is 11.5 Å². The Morgan fingerprint density at radius 3 is 2.21 bits per heavy atom. The maximum absolute atomic E-state index is 12.7. The molecule has 0 saturated heterocycles. The van der Waals surface area contributed by atoms with E-state index in [-0.39, 0.29) is 11.8 Å². The first kappa shape index (κ1) is 24.8. The van der Waals surface area contributed by atoms with Gasteiger partial charge in [0.25, 0.3) is 5.91 Å². The van der Waals surface area contributed by atoms with Gasteiger partial charge in [0, 0.05) is 31.9 Å². The molecule has 6 nitrogen and oxygen atoms in total. The Morgan fingerprint density at radius 2 is 1.55 bits per heavy atom. The van der Waals surface area contributed by atoms with E-state index < -0.39 is 5.25 Å². The standard InChI is InChI=1S/C24H22Cl2N2O4S/c1-14(23(29)28-19-11-16(25)10-17(26)12-19)33-20-6-4-5-18(13-20)27-24(30)15-7-8-21(31-2)22(9-15)32-3/h4-14H,1-3H3,(H,27,30)(H,28,29). The molecule has 0 aromatic heterocycles. The van der Waals surface area contributed by atoms with Crippen molar-refractivity contribution in [3.63, 3.8) is 0 Å². The number of halogens is 2. The Balaban J connectivity index is 1.65. The fourth-order valence-corrected chi connectivity index (χ4v) is 4.41. The predicted octanol–water partition coefficient (Wildman–Crippen LogP) is 6.38. The van der Waals surface area contributed by atoms with Gasteiger partial charge in [0.2, 0.25) is 5.91 Å². The Kier molecular flexibility index (Phi) is 8.49. The number of nitrogens with one attached hydrogen (secondary N) is 2. The minimum atomic E-state index is -0.403. The van der Waals surface area contributed by atoms with Gasteiger partial charge < -0.3 is 20.1 Å². The van der Waals surface area contributed by atoms with Crippen LogP contribution in [-0.2, 0) is 4.79 Å². The van der Waals surface area contributed by atoms with Crippen LogP contribution in [-0.4, -0.2) is 31.3 Å². The molecule has 172 valence electrons. The number of rotatable bonds is 8. The molecule has 0 bridgehead atoms. The van der Waals surface area contributed by atoms with Crippen molar-refractivity contribution in [3.05, 3.63) is 76.3 Å². The normalized spacial score (nSPS) is 11.4. The van der Waals surface area contributed by atoms with Gasteiger partial charge in [0.15, 0.2) is 11.5 Å². The van der Waals surface area contributed by atoms with Crippen LogP contribution in [0.25, 0.3) is 0 Å². The van der Waals surface area contributed by atoms with Crippen LogP contribution in [0.3, 0.4) is 0 Å². The number of carbonyl (C=O) groups excluding carboxylic acids is 2. The first-order valence-electron chi connectivity index (χ1n) is 9.86. The van der Waals surface area contributed by atoms with Gasteiger partial charge in [-0.05, 0) is 61.5 Å². The summed E-state index contributed by atoms with van der Waals surface area (Å²) in [7, 11) is 3.05. The molecule has 0 spiro atoms. The van der Waals surface area contributed by atoms with Gasteiger partial charge in [-0.1, -0.05) is 29.3 Å². The minimum Gasteiger partial charge on any atom is -0.493 e. The Bertz CT molecular complexity index is 1150. The molecule has 0 aliphatic rings. The van der Waals surface area contributed by atoms with E-state index in [1.807, 2.05) is 18.2 Å². The Labute approximate surface area is 206 Å². The summed E-state index contributed by atoms with van der Waals surface area (Å²) in [6.45, 7) is 1.79. The molecule has 33 heavy (non-hydrogen) atoms. The summed E-state index contributed by atoms with van der Waals surface area (Å²) in [5.41, 5.74) is 1.56. The predicted molar refractivity (Wildman–Crippen MR) is 134 cm³/mol. The highest BCUT2D eigenvalue weighted by atomic mass is 35.5. The molecular weight excluding hydrogens is 483 g/mol. The molecular formula is C24H22Cl2N2O4S. The van der Waals surface area contributed by atoms with Crippen molar-refractivity contribution in [3.8, 4) is 11.5 Å². The molecule has 3 aromatic rings. The third kappa shape index (κ3) is 6.81. The van der Waals surface area contributed by atoms with E-state index in [0.29, 0.717) is 38.5 Å². The second kappa shape index (κ2) is 11.3. The molecule has 9 heteroatoms. The van der Waals surface area contributed by atoms with Crippen molar-refractivity contribution in [2.45, 2.75) is 17.1 Å². The van der Waals surface area contributed by atoms with Gasteiger partial charge in [0.05, 0.1) is 19.5 Å². The van der Waals surface area contributed by atoms with Gasteiger partial charge in [0.1, 0.15) is 0 Å². The second-order valence-electron chi connectivity index (χ2n) is 6.96. The first-order chi connectivity index (χ1) is 15.8. The summed E-state index contributed by atoms with van der Waals surface area (Å²) in [5.74, 6) is 0.523. The van der Waals surface area contributed by atoms with Gasteiger partial charge in [-0.15, -0.1) is 11.8 Å². The number of hydrogen-bond acceptors (Lipinski definition) is 5. The topological polar surface area (TPSA) is 76.7 Å². The average molecular weight is 505 g/mol. The third-order valence-electron chi connectivity index (χ3n) is 4.55. The molecule has 2 N–H and O–H groups in total. The van der Waals surface area contributed by atoms with Crippen molar-refractivity contribution in [1.82, 2.24) is 0 Å². The highest BCUT2D eigenvalue weighted by molar-refractivity contribution is 8.00. The number of carbonyl (C=O) groups is 2. The summed E-state index contributed by atoms with van der Waals surface area (Å²) in [4.78, 5) is 26.1. The lowest BCUT2D eigenvalue weighted by Crippen LogP contribution is -2.22. The summed E-state index contributed by atoms with van der Waals surface area (Å²) in [5, 5.41) is 6.15. The first-order valence-corrected chi connectivity index (χ1v) is 11.5. The number of amides is 2. The van der Waals surface area contributed by atoms with Crippen LogP contribution < -0.4 is 20.1 Å².